The number of nitrogens with zero attached hydrogens (tertiary/aromatic N) is 1. The van der Waals surface area contributed by atoms with E-state index in [1.165, 1.54) is 18.6 Å². The zero-order chi connectivity index (χ0) is 20.9. The van der Waals surface area contributed by atoms with Crippen LogP contribution in [0.3, 0.4) is 0 Å². The molecule has 0 atom stereocenters. The molecule has 0 aliphatic heterocycles. The minimum atomic E-state index is -0.551. The zero-order valence-corrected chi connectivity index (χ0v) is 16.8. The van der Waals surface area contributed by atoms with Crippen LogP contribution in [0.5, 0.6) is 0 Å². The monoisotopic (exact) mass is 408 g/mol. The first-order valence-electron chi connectivity index (χ1n) is 10.4. The van der Waals surface area contributed by atoms with Crippen molar-refractivity contribution in [1.82, 2.24) is 9.88 Å². The van der Waals surface area contributed by atoms with E-state index in [1.807, 2.05) is 24.3 Å². The van der Waals surface area contributed by atoms with E-state index in [-0.39, 0.29) is 24.4 Å². The van der Waals surface area contributed by atoms with Crippen LogP contribution < -0.4 is 0 Å². The molecule has 0 saturated heterocycles. The number of hydrogen-bond acceptors (Lipinski definition) is 3. The third-order valence-electron chi connectivity index (χ3n) is 5.68. The molecule has 0 unspecified atom stereocenters. The number of halogens is 1. The molecule has 1 saturated carbocycles. The second-order valence-corrected chi connectivity index (χ2v) is 7.79. The minimum absolute atomic E-state index is 0.114. The summed E-state index contributed by atoms with van der Waals surface area (Å²) in [6.45, 7) is 0.0691. The topological polar surface area (TPSA) is 62.4 Å². The summed E-state index contributed by atoms with van der Waals surface area (Å²) in [5.74, 6) is -1.08. The van der Waals surface area contributed by atoms with Crippen molar-refractivity contribution >= 4 is 22.8 Å². The van der Waals surface area contributed by atoms with E-state index < -0.39 is 5.97 Å². The second kappa shape index (κ2) is 9.11. The highest BCUT2D eigenvalue weighted by molar-refractivity contribution is 5.95. The molecule has 156 valence electrons. The lowest BCUT2D eigenvalue weighted by Crippen LogP contribution is -2.43. The molecule has 5 nitrogen and oxygen atoms in total. The number of H-pyrrole nitrogens is 1. The van der Waals surface area contributed by atoms with E-state index in [2.05, 4.69) is 4.98 Å². The molecule has 0 bridgehead atoms. The molecule has 3 aromatic rings. The van der Waals surface area contributed by atoms with Gasteiger partial charge in [-0.3, -0.25) is 4.79 Å². The maximum atomic E-state index is 13.2. The molecule has 0 radical (unpaired) electrons. The van der Waals surface area contributed by atoms with Gasteiger partial charge < -0.3 is 14.6 Å². The first kappa shape index (κ1) is 20.1. The van der Waals surface area contributed by atoms with Crippen molar-refractivity contribution < 1.29 is 18.7 Å². The average molecular weight is 408 g/mol. The molecular formula is C24H25FN2O3. The summed E-state index contributed by atoms with van der Waals surface area (Å²) in [6, 6.07) is 15.6. The van der Waals surface area contributed by atoms with Crippen LogP contribution in [-0.4, -0.2) is 34.4 Å². The Kier molecular flexibility index (Phi) is 6.12. The largest absolute Gasteiger partial charge is 0.451 e. The summed E-state index contributed by atoms with van der Waals surface area (Å²) in [5, 5.41) is 0.913. The molecule has 1 N–H and O–H groups in total. The van der Waals surface area contributed by atoms with Gasteiger partial charge in [0.15, 0.2) is 6.61 Å². The molecule has 6 heteroatoms. The third-order valence-corrected chi connectivity index (χ3v) is 5.68. The summed E-state index contributed by atoms with van der Waals surface area (Å²) in [7, 11) is 0. The lowest BCUT2D eigenvalue weighted by molar-refractivity contribution is -0.138. The quantitative estimate of drug-likeness (QED) is 0.595. The molecule has 30 heavy (non-hydrogen) atoms. The number of para-hydroxylation sites is 1. The fourth-order valence-electron chi connectivity index (χ4n) is 4.07. The van der Waals surface area contributed by atoms with E-state index in [9.17, 15) is 14.0 Å². The van der Waals surface area contributed by atoms with Crippen molar-refractivity contribution in [1.29, 1.82) is 0 Å². The van der Waals surface area contributed by atoms with Gasteiger partial charge in [0.25, 0.3) is 5.91 Å². The Bertz CT molecular complexity index is 989. The maximum Gasteiger partial charge on any atom is 0.355 e. The Labute approximate surface area is 174 Å². The van der Waals surface area contributed by atoms with Gasteiger partial charge >= 0.3 is 5.97 Å². The van der Waals surface area contributed by atoms with Crippen LogP contribution >= 0.6 is 0 Å². The average Bonchev–Trinajstić information content (AvgIpc) is 3.22. The summed E-state index contributed by atoms with van der Waals surface area (Å²) >= 11 is 0. The minimum Gasteiger partial charge on any atom is -0.451 e. The Morgan fingerprint density at radius 2 is 1.77 bits per heavy atom. The van der Waals surface area contributed by atoms with Crippen LogP contribution in [0.25, 0.3) is 10.9 Å². The summed E-state index contributed by atoms with van der Waals surface area (Å²) < 4.78 is 18.6. The van der Waals surface area contributed by atoms with Gasteiger partial charge in [0.2, 0.25) is 0 Å². The number of fused-ring (bicyclic) bond motifs is 1. The molecule has 1 aromatic heterocycles. The van der Waals surface area contributed by atoms with Crippen LogP contribution in [0.2, 0.25) is 0 Å². The molecule has 2 aromatic carbocycles. The molecule has 1 amide bonds. The van der Waals surface area contributed by atoms with E-state index in [0.717, 1.165) is 42.1 Å². The predicted molar refractivity (Wildman–Crippen MR) is 112 cm³/mol. The molecule has 1 aliphatic rings. The molecule has 1 fully saturated rings. The Balaban J connectivity index is 1.43. The van der Waals surface area contributed by atoms with Crippen molar-refractivity contribution in [2.24, 2.45) is 0 Å². The predicted octanol–water partition coefficient (Wildman–Crippen LogP) is 4.83. The smallest absolute Gasteiger partial charge is 0.355 e. The first-order chi connectivity index (χ1) is 14.6. The van der Waals surface area contributed by atoms with Crippen LogP contribution in [-0.2, 0) is 16.1 Å². The van der Waals surface area contributed by atoms with Crippen molar-refractivity contribution in [3.8, 4) is 0 Å². The number of rotatable bonds is 6. The number of aromatic amines is 1. The summed E-state index contributed by atoms with van der Waals surface area (Å²) in [5.41, 5.74) is 2.03. The molecule has 1 heterocycles. The highest BCUT2D eigenvalue weighted by Gasteiger charge is 2.26. The van der Waals surface area contributed by atoms with Crippen LogP contribution in [0.4, 0.5) is 4.39 Å². The number of ether oxygens (including phenoxy) is 1. The van der Waals surface area contributed by atoms with Gasteiger partial charge in [-0.1, -0.05) is 49.6 Å². The number of amides is 1. The second-order valence-electron chi connectivity index (χ2n) is 7.79. The number of benzene rings is 2. The van der Waals surface area contributed by atoms with Crippen molar-refractivity contribution in [3.05, 3.63) is 71.7 Å². The highest BCUT2D eigenvalue weighted by atomic mass is 19.1. The molecule has 0 spiro atoms. The van der Waals surface area contributed by atoms with Gasteiger partial charge in [-0.05, 0) is 42.7 Å². The van der Waals surface area contributed by atoms with Crippen LogP contribution in [0, 0.1) is 5.82 Å². The Hall–Kier alpha value is -3.15. The fourth-order valence-corrected chi connectivity index (χ4v) is 4.07. The van der Waals surface area contributed by atoms with E-state index in [0.29, 0.717) is 12.2 Å². The Morgan fingerprint density at radius 3 is 2.50 bits per heavy atom. The Morgan fingerprint density at radius 1 is 1.03 bits per heavy atom. The van der Waals surface area contributed by atoms with Gasteiger partial charge in [-0.2, -0.15) is 0 Å². The molecule has 4 rings (SSSR count). The zero-order valence-electron chi connectivity index (χ0n) is 16.8. The van der Waals surface area contributed by atoms with Crippen molar-refractivity contribution in [3.63, 3.8) is 0 Å². The van der Waals surface area contributed by atoms with Gasteiger partial charge in [-0.15, -0.1) is 0 Å². The van der Waals surface area contributed by atoms with Gasteiger partial charge in [0, 0.05) is 23.5 Å². The summed E-state index contributed by atoms with van der Waals surface area (Å²) in [6.07, 6.45) is 5.19. The van der Waals surface area contributed by atoms with Gasteiger partial charge in [0.1, 0.15) is 11.5 Å². The van der Waals surface area contributed by atoms with E-state index in [4.69, 9.17) is 4.74 Å². The number of hydrogen-bond donors (Lipinski definition) is 1. The maximum absolute atomic E-state index is 13.2. The standard InChI is InChI=1S/C24H25FN2O3/c25-19-12-10-17(11-13-19)15-27(20-7-2-1-3-8-20)23(28)16-30-24(29)22-14-18-6-4-5-9-21(18)26-22/h4-6,9-14,20,26H,1-3,7-8,15-16H2. The first-order valence-corrected chi connectivity index (χ1v) is 10.4. The molecule has 1 aliphatic carbocycles. The van der Waals surface area contributed by atoms with Gasteiger partial charge in [0.05, 0.1) is 0 Å². The van der Waals surface area contributed by atoms with Crippen LogP contribution in [0.1, 0.15) is 48.2 Å². The van der Waals surface area contributed by atoms with Crippen molar-refractivity contribution in [2.45, 2.75) is 44.7 Å². The van der Waals surface area contributed by atoms with Crippen LogP contribution in [0.15, 0.2) is 54.6 Å². The summed E-state index contributed by atoms with van der Waals surface area (Å²) in [4.78, 5) is 30.2. The highest BCUT2D eigenvalue weighted by Crippen LogP contribution is 2.24. The number of aromatic nitrogens is 1. The number of esters is 1. The normalized spacial score (nSPS) is 14.6. The fraction of sp³-hybridized carbons (Fsp3) is 0.333. The molecular weight excluding hydrogens is 383 g/mol. The lowest BCUT2D eigenvalue weighted by Gasteiger charge is -2.34. The number of carbonyl (C=O) groups excluding carboxylic acids is 2. The van der Waals surface area contributed by atoms with E-state index in [1.54, 1.807) is 23.1 Å². The van der Waals surface area contributed by atoms with Gasteiger partial charge in [-0.25, -0.2) is 9.18 Å². The number of carbonyl (C=O) groups is 2. The lowest BCUT2D eigenvalue weighted by atomic mass is 9.93. The SMILES string of the molecule is O=C(OCC(=O)N(Cc1ccc(F)cc1)C1CCCCC1)c1cc2ccccc2[nH]1. The number of nitrogens with one attached hydrogen (secondary N) is 1. The van der Waals surface area contributed by atoms with Crippen molar-refractivity contribution in [2.75, 3.05) is 6.61 Å². The third kappa shape index (κ3) is 4.70. The van der Waals surface area contributed by atoms with E-state index >= 15 is 0 Å².